The maximum absolute atomic E-state index is 12.5. The number of hydrogen-bond acceptors (Lipinski definition) is 4. The molecule has 2 aromatic carbocycles. The highest BCUT2D eigenvalue weighted by Gasteiger charge is 2.22. The number of aromatic amines is 1. The van der Waals surface area contributed by atoms with Crippen LogP contribution in [0.3, 0.4) is 0 Å². The molecule has 0 fully saturated rings. The molecule has 2 unspecified atom stereocenters. The largest absolute Gasteiger partial charge is 0.388 e. The molecule has 0 saturated carbocycles. The highest BCUT2D eigenvalue weighted by Crippen LogP contribution is 2.21. The summed E-state index contributed by atoms with van der Waals surface area (Å²) in [6.07, 6.45) is -0.886. The Bertz CT molecular complexity index is 818. The normalized spacial score (nSPS) is 13.2. The maximum Gasteiger partial charge on any atom is 0.223 e. The highest BCUT2D eigenvalue weighted by atomic mass is 16.3. The molecule has 3 rings (SSSR count). The molecular formula is C19H20N4O2. The molecule has 128 valence electrons. The van der Waals surface area contributed by atoms with Gasteiger partial charge in [-0.25, -0.2) is 4.98 Å². The van der Waals surface area contributed by atoms with Crippen LogP contribution in [0.4, 0.5) is 0 Å². The standard InChI is InChI=1S/C19H20N4O2/c1-13-20-19(23-22-13)18(15-10-6-3-7-11-15)21-17(25)12-16(24)14-8-4-2-5-9-14/h2-11,16,18,24H,12H2,1H3,(H,21,25)(H,20,22,23). The van der Waals surface area contributed by atoms with Crippen molar-refractivity contribution in [2.45, 2.75) is 25.5 Å². The molecule has 0 spiro atoms. The lowest BCUT2D eigenvalue weighted by molar-refractivity contribution is -0.123. The molecule has 0 aliphatic rings. The van der Waals surface area contributed by atoms with Gasteiger partial charge in [0, 0.05) is 0 Å². The van der Waals surface area contributed by atoms with Gasteiger partial charge < -0.3 is 10.4 Å². The Kier molecular flexibility index (Phi) is 5.20. The summed E-state index contributed by atoms with van der Waals surface area (Å²) in [5.41, 5.74) is 1.59. The van der Waals surface area contributed by atoms with Gasteiger partial charge in [0.15, 0.2) is 5.82 Å². The average molecular weight is 336 g/mol. The van der Waals surface area contributed by atoms with Gasteiger partial charge in [-0.2, -0.15) is 5.10 Å². The number of aliphatic hydroxyl groups excluding tert-OH is 1. The first kappa shape index (κ1) is 16.9. The zero-order valence-electron chi connectivity index (χ0n) is 13.9. The molecule has 0 radical (unpaired) electrons. The smallest absolute Gasteiger partial charge is 0.223 e. The summed E-state index contributed by atoms with van der Waals surface area (Å²) in [5.74, 6) is 0.897. The van der Waals surface area contributed by atoms with E-state index in [1.165, 1.54) is 0 Å². The monoisotopic (exact) mass is 336 g/mol. The third kappa shape index (κ3) is 4.30. The second-order valence-corrected chi connectivity index (χ2v) is 5.82. The van der Waals surface area contributed by atoms with Crippen molar-refractivity contribution in [3.8, 4) is 0 Å². The lowest BCUT2D eigenvalue weighted by Gasteiger charge is -2.18. The van der Waals surface area contributed by atoms with Gasteiger partial charge >= 0.3 is 0 Å². The summed E-state index contributed by atoms with van der Waals surface area (Å²) in [7, 11) is 0. The number of amides is 1. The van der Waals surface area contributed by atoms with Crippen LogP contribution in [0.5, 0.6) is 0 Å². The fourth-order valence-corrected chi connectivity index (χ4v) is 2.62. The van der Waals surface area contributed by atoms with Gasteiger partial charge in [-0.1, -0.05) is 60.7 Å². The van der Waals surface area contributed by atoms with Crippen molar-refractivity contribution < 1.29 is 9.90 Å². The van der Waals surface area contributed by atoms with Crippen molar-refractivity contribution >= 4 is 5.91 Å². The van der Waals surface area contributed by atoms with Crippen LogP contribution in [-0.4, -0.2) is 26.2 Å². The van der Waals surface area contributed by atoms with Gasteiger partial charge in [0.25, 0.3) is 0 Å². The molecule has 6 heteroatoms. The summed E-state index contributed by atoms with van der Waals surface area (Å²) in [5, 5.41) is 20.1. The number of carbonyl (C=O) groups is 1. The van der Waals surface area contributed by atoms with Crippen molar-refractivity contribution in [3.05, 3.63) is 83.4 Å². The number of hydrogen-bond donors (Lipinski definition) is 3. The Morgan fingerprint density at radius 1 is 1.08 bits per heavy atom. The van der Waals surface area contributed by atoms with Gasteiger partial charge in [-0.05, 0) is 18.1 Å². The molecule has 0 aliphatic heterocycles. The van der Waals surface area contributed by atoms with Crippen LogP contribution in [0.25, 0.3) is 0 Å². The van der Waals surface area contributed by atoms with E-state index in [1.54, 1.807) is 19.1 Å². The Morgan fingerprint density at radius 3 is 2.24 bits per heavy atom. The van der Waals surface area contributed by atoms with Crippen LogP contribution in [0.2, 0.25) is 0 Å². The molecule has 2 atom stereocenters. The third-order valence-corrected chi connectivity index (χ3v) is 3.87. The summed E-state index contributed by atoms with van der Waals surface area (Å²) >= 11 is 0. The first-order valence-electron chi connectivity index (χ1n) is 8.09. The van der Waals surface area contributed by atoms with Gasteiger partial charge in [0.2, 0.25) is 5.91 Å². The third-order valence-electron chi connectivity index (χ3n) is 3.87. The number of nitrogens with one attached hydrogen (secondary N) is 2. The Labute approximate surface area is 145 Å². The number of benzene rings is 2. The molecular weight excluding hydrogens is 316 g/mol. The van der Waals surface area contributed by atoms with E-state index in [-0.39, 0.29) is 12.3 Å². The zero-order chi connectivity index (χ0) is 17.6. The average Bonchev–Trinajstić information content (AvgIpc) is 3.07. The van der Waals surface area contributed by atoms with E-state index in [1.807, 2.05) is 48.5 Å². The van der Waals surface area contributed by atoms with Crippen molar-refractivity contribution in [2.75, 3.05) is 0 Å². The van der Waals surface area contributed by atoms with Crippen LogP contribution in [0.15, 0.2) is 60.7 Å². The molecule has 25 heavy (non-hydrogen) atoms. The lowest BCUT2D eigenvalue weighted by Crippen LogP contribution is -2.31. The minimum atomic E-state index is -0.855. The number of aliphatic hydroxyl groups is 1. The molecule has 6 nitrogen and oxygen atoms in total. The van der Waals surface area contributed by atoms with Crippen LogP contribution >= 0.6 is 0 Å². The topological polar surface area (TPSA) is 90.9 Å². The molecule has 3 aromatic rings. The second-order valence-electron chi connectivity index (χ2n) is 5.82. The quantitative estimate of drug-likeness (QED) is 0.645. The maximum atomic E-state index is 12.5. The van der Waals surface area contributed by atoms with Gasteiger partial charge in [0.1, 0.15) is 11.9 Å². The van der Waals surface area contributed by atoms with E-state index in [0.29, 0.717) is 17.2 Å². The van der Waals surface area contributed by atoms with Crippen molar-refractivity contribution in [2.24, 2.45) is 0 Å². The first-order valence-corrected chi connectivity index (χ1v) is 8.09. The second kappa shape index (κ2) is 7.72. The molecule has 3 N–H and O–H groups in total. The minimum Gasteiger partial charge on any atom is -0.388 e. The van der Waals surface area contributed by atoms with Crippen LogP contribution in [-0.2, 0) is 4.79 Å². The molecule has 0 saturated heterocycles. The van der Waals surface area contributed by atoms with Crippen LogP contribution in [0.1, 0.15) is 41.3 Å². The molecule has 1 aromatic heterocycles. The summed E-state index contributed by atoms with van der Waals surface area (Å²) in [6, 6.07) is 18.2. The van der Waals surface area contributed by atoms with Gasteiger partial charge in [-0.15, -0.1) is 0 Å². The highest BCUT2D eigenvalue weighted by molar-refractivity contribution is 5.77. The van der Waals surface area contributed by atoms with E-state index in [0.717, 1.165) is 5.56 Å². The first-order chi connectivity index (χ1) is 12.1. The molecule has 1 amide bonds. The summed E-state index contributed by atoms with van der Waals surface area (Å²) in [4.78, 5) is 16.8. The minimum absolute atomic E-state index is 0.0310. The van der Waals surface area contributed by atoms with Crippen LogP contribution < -0.4 is 5.32 Å². The van der Waals surface area contributed by atoms with Gasteiger partial charge in [-0.3, -0.25) is 9.89 Å². The predicted octanol–water partition coefficient (Wildman–Crippen LogP) is 2.44. The van der Waals surface area contributed by atoms with E-state index < -0.39 is 12.1 Å². The Morgan fingerprint density at radius 2 is 1.68 bits per heavy atom. The van der Waals surface area contributed by atoms with E-state index in [4.69, 9.17) is 0 Å². The predicted molar refractivity (Wildman–Crippen MR) is 93.6 cm³/mol. The lowest BCUT2D eigenvalue weighted by atomic mass is 10.0. The summed E-state index contributed by atoms with van der Waals surface area (Å²) in [6.45, 7) is 1.81. The number of carbonyl (C=O) groups excluding carboxylic acids is 1. The fourth-order valence-electron chi connectivity index (χ4n) is 2.62. The number of aromatic nitrogens is 3. The van der Waals surface area contributed by atoms with E-state index in [9.17, 15) is 9.90 Å². The Hall–Kier alpha value is -2.99. The van der Waals surface area contributed by atoms with Crippen molar-refractivity contribution in [3.63, 3.8) is 0 Å². The van der Waals surface area contributed by atoms with E-state index in [2.05, 4.69) is 20.5 Å². The van der Waals surface area contributed by atoms with E-state index >= 15 is 0 Å². The fraction of sp³-hybridized carbons (Fsp3) is 0.211. The SMILES string of the molecule is Cc1nc(C(NC(=O)CC(O)c2ccccc2)c2ccccc2)n[nH]1. The molecule has 1 heterocycles. The number of aryl methyl sites for hydroxylation is 1. The van der Waals surface area contributed by atoms with Crippen molar-refractivity contribution in [1.82, 2.24) is 20.5 Å². The zero-order valence-corrected chi connectivity index (χ0v) is 13.9. The molecule has 0 aliphatic carbocycles. The number of H-pyrrole nitrogens is 1. The summed E-state index contributed by atoms with van der Waals surface area (Å²) < 4.78 is 0. The Balaban J connectivity index is 1.75. The van der Waals surface area contributed by atoms with Crippen LogP contribution in [0, 0.1) is 6.92 Å². The van der Waals surface area contributed by atoms with Gasteiger partial charge in [0.05, 0.1) is 12.5 Å². The molecule has 0 bridgehead atoms. The van der Waals surface area contributed by atoms with Crippen molar-refractivity contribution in [1.29, 1.82) is 0 Å². The number of rotatable bonds is 6. The number of nitrogens with zero attached hydrogens (tertiary/aromatic N) is 2.